The van der Waals surface area contributed by atoms with Gasteiger partial charge in [-0.05, 0) is 11.8 Å². The van der Waals surface area contributed by atoms with Gasteiger partial charge in [0.2, 0.25) is 0 Å². The molecule has 0 aliphatic rings. The zero-order valence-electron chi connectivity index (χ0n) is 9.76. The summed E-state index contributed by atoms with van der Waals surface area (Å²) in [6.07, 6.45) is 0.766. The molecule has 0 aromatic carbocycles. The van der Waals surface area contributed by atoms with Gasteiger partial charge >= 0.3 is 0 Å². The highest BCUT2D eigenvalue weighted by Crippen LogP contribution is 2.17. The van der Waals surface area contributed by atoms with Crippen molar-refractivity contribution < 1.29 is 5.11 Å². The van der Waals surface area contributed by atoms with Crippen molar-refractivity contribution in [3.63, 3.8) is 0 Å². The van der Waals surface area contributed by atoms with Crippen molar-refractivity contribution in [2.75, 3.05) is 26.2 Å². The minimum Gasteiger partial charge on any atom is -0.396 e. The van der Waals surface area contributed by atoms with E-state index in [1.807, 2.05) is 0 Å². The number of rotatable bonds is 6. The molecule has 1 N–H and O–H groups in total. The lowest BCUT2D eigenvalue weighted by Gasteiger charge is -2.29. The first-order valence-electron chi connectivity index (χ1n) is 5.17. The van der Waals surface area contributed by atoms with Gasteiger partial charge < -0.3 is 5.11 Å². The van der Waals surface area contributed by atoms with Crippen LogP contribution < -0.4 is 0 Å². The SMILES string of the molecule is CC(C)(C)CN(CCCO)CC(Cl)=CCl. The molecule has 0 aromatic heterocycles. The lowest BCUT2D eigenvalue weighted by atomic mass is 9.96. The molecule has 0 atom stereocenters. The number of hydrogen-bond acceptors (Lipinski definition) is 2. The smallest absolute Gasteiger partial charge is 0.0443 e. The normalized spacial score (nSPS) is 13.7. The minimum absolute atomic E-state index is 0.211. The number of hydrogen-bond donors (Lipinski definition) is 1. The molecule has 0 fully saturated rings. The van der Waals surface area contributed by atoms with Gasteiger partial charge in [0, 0.05) is 36.8 Å². The van der Waals surface area contributed by atoms with Crippen molar-refractivity contribution in [3.8, 4) is 0 Å². The first-order chi connectivity index (χ1) is 6.89. The molecule has 0 amide bonds. The fourth-order valence-electron chi connectivity index (χ4n) is 1.43. The van der Waals surface area contributed by atoms with Crippen LogP contribution >= 0.6 is 23.2 Å². The maximum atomic E-state index is 8.80. The molecule has 0 bridgehead atoms. The second kappa shape index (κ2) is 7.50. The van der Waals surface area contributed by atoms with E-state index >= 15 is 0 Å². The lowest BCUT2D eigenvalue weighted by Crippen LogP contribution is -2.34. The topological polar surface area (TPSA) is 23.5 Å². The number of nitrogens with zero attached hydrogens (tertiary/aromatic N) is 1. The van der Waals surface area contributed by atoms with Gasteiger partial charge in [-0.2, -0.15) is 0 Å². The van der Waals surface area contributed by atoms with Crippen molar-refractivity contribution in [3.05, 3.63) is 10.6 Å². The summed E-state index contributed by atoms with van der Waals surface area (Å²) in [5, 5.41) is 9.44. The summed E-state index contributed by atoms with van der Waals surface area (Å²) in [5.41, 5.74) is 1.62. The van der Waals surface area contributed by atoms with E-state index in [1.165, 1.54) is 5.54 Å². The Balaban J connectivity index is 4.18. The molecular weight excluding hydrogens is 233 g/mol. The molecule has 0 radical (unpaired) electrons. The van der Waals surface area contributed by atoms with Gasteiger partial charge in [-0.15, -0.1) is 0 Å². The van der Waals surface area contributed by atoms with Crippen LogP contribution in [-0.2, 0) is 0 Å². The minimum atomic E-state index is 0.211. The van der Waals surface area contributed by atoms with Crippen molar-refractivity contribution in [1.29, 1.82) is 0 Å². The van der Waals surface area contributed by atoms with Crippen molar-refractivity contribution in [2.24, 2.45) is 5.41 Å². The molecule has 15 heavy (non-hydrogen) atoms. The second-order valence-corrected chi connectivity index (χ2v) is 5.61. The van der Waals surface area contributed by atoms with Gasteiger partial charge in [0.05, 0.1) is 0 Å². The van der Waals surface area contributed by atoms with E-state index in [0.29, 0.717) is 11.6 Å². The summed E-state index contributed by atoms with van der Waals surface area (Å²) in [6, 6.07) is 0. The molecule has 0 aromatic rings. The van der Waals surface area contributed by atoms with Crippen LogP contribution in [0.5, 0.6) is 0 Å². The van der Waals surface area contributed by atoms with Crippen molar-refractivity contribution in [2.45, 2.75) is 27.2 Å². The van der Waals surface area contributed by atoms with E-state index in [0.717, 1.165) is 19.5 Å². The van der Waals surface area contributed by atoms with Crippen LogP contribution in [0.2, 0.25) is 0 Å². The molecule has 0 unspecified atom stereocenters. The van der Waals surface area contributed by atoms with E-state index in [9.17, 15) is 0 Å². The summed E-state index contributed by atoms with van der Waals surface area (Å²) in [7, 11) is 0. The molecule has 0 aliphatic heterocycles. The molecule has 0 heterocycles. The molecule has 0 saturated heterocycles. The van der Waals surface area contributed by atoms with E-state index in [4.69, 9.17) is 28.3 Å². The van der Waals surface area contributed by atoms with Crippen molar-refractivity contribution >= 4 is 23.2 Å². The van der Waals surface area contributed by atoms with Crippen LogP contribution in [0.15, 0.2) is 10.6 Å². The Morgan fingerprint density at radius 2 is 2.00 bits per heavy atom. The highest BCUT2D eigenvalue weighted by molar-refractivity contribution is 6.36. The average molecular weight is 254 g/mol. The number of aliphatic hydroxyl groups is 1. The van der Waals surface area contributed by atoms with Crippen LogP contribution in [0.4, 0.5) is 0 Å². The summed E-state index contributed by atoms with van der Waals surface area (Å²) in [5.74, 6) is 0. The first-order valence-corrected chi connectivity index (χ1v) is 5.98. The zero-order valence-corrected chi connectivity index (χ0v) is 11.3. The quantitative estimate of drug-likeness (QED) is 0.787. The van der Waals surface area contributed by atoms with E-state index in [2.05, 4.69) is 25.7 Å². The monoisotopic (exact) mass is 253 g/mol. The first kappa shape index (κ1) is 15.2. The lowest BCUT2D eigenvalue weighted by molar-refractivity contribution is 0.185. The third-order valence-corrected chi connectivity index (χ3v) is 2.43. The largest absolute Gasteiger partial charge is 0.396 e. The second-order valence-electron chi connectivity index (χ2n) is 4.90. The van der Waals surface area contributed by atoms with Crippen LogP contribution in [0.25, 0.3) is 0 Å². The van der Waals surface area contributed by atoms with E-state index in [-0.39, 0.29) is 12.0 Å². The Morgan fingerprint density at radius 1 is 1.40 bits per heavy atom. The summed E-state index contributed by atoms with van der Waals surface area (Å²) in [4.78, 5) is 2.21. The summed E-state index contributed by atoms with van der Waals surface area (Å²) >= 11 is 11.4. The Bertz CT molecular complexity index is 199. The van der Waals surface area contributed by atoms with Gasteiger partial charge in [-0.25, -0.2) is 0 Å². The maximum absolute atomic E-state index is 8.80. The Kier molecular flexibility index (Phi) is 7.62. The number of aliphatic hydroxyl groups excluding tert-OH is 1. The third kappa shape index (κ3) is 9.19. The molecule has 0 spiro atoms. The fourth-order valence-corrected chi connectivity index (χ4v) is 1.67. The van der Waals surface area contributed by atoms with Crippen LogP contribution in [0.1, 0.15) is 27.2 Å². The van der Waals surface area contributed by atoms with Gasteiger partial charge in [0.25, 0.3) is 0 Å². The Hall–Kier alpha value is 0.240. The van der Waals surface area contributed by atoms with Gasteiger partial charge in [-0.1, -0.05) is 44.0 Å². The fraction of sp³-hybridized carbons (Fsp3) is 0.818. The standard InChI is InChI=1S/C11H21Cl2NO/c1-11(2,3)9-14(5-4-6-15)8-10(13)7-12/h7,15H,4-6,8-9H2,1-3H3. The Labute approximate surface area is 103 Å². The van der Waals surface area contributed by atoms with Crippen LogP contribution in [-0.4, -0.2) is 36.2 Å². The van der Waals surface area contributed by atoms with Crippen molar-refractivity contribution in [1.82, 2.24) is 4.90 Å². The van der Waals surface area contributed by atoms with Gasteiger partial charge in [0.15, 0.2) is 0 Å². The average Bonchev–Trinajstić information content (AvgIpc) is 2.11. The highest BCUT2D eigenvalue weighted by Gasteiger charge is 2.16. The molecular formula is C11H21Cl2NO. The van der Waals surface area contributed by atoms with Crippen LogP contribution in [0, 0.1) is 5.41 Å². The third-order valence-electron chi connectivity index (χ3n) is 1.82. The maximum Gasteiger partial charge on any atom is 0.0443 e. The van der Waals surface area contributed by atoms with Gasteiger partial charge in [0.1, 0.15) is 0 Å². The summed E-state index contributed by atoms with van der Waals surface area (Å²) < 4.78 is 0. The predicted molar refractivity (Wildman–Crippen MR) is 67.4 cm³/mol. The molecule has 4 heteroatoms. The molecule has 0 saturated carbocycles. The molecule has 2 nitrogen and oxygen atoms in total. The number of halogens is 2. The highest BCUT2D eigenvalue weighted by atomic mass is 35.5. The summed E-state index contributed by atoms with van der Waals surface area (Å²) in [6.45, 7) is 9.18. The van der Waals surface area contributed by atoms with Gasteiger partial charge in [-0.3, -0.25) is 4.90 Å². The van der Waals surface area contributed by atoms with Crippen LogP contribution in [0.3, 0.4) is 0 Å². The van der Waals surface area contributed by atoms with E-state index < -0.39 is 0 Å². The predicted octanol–water partition coefficient (Wildman–Crippen LogP) is 3.04. The molecule has 0 aliphatic carbocycles. The molecule has 0 rings (SSSR count). The Morgan fingerprint density at radius 3 is 2.40 bits per heavy atom. The zero-order chi connectivity index (χ0) is 11.9. The molecule has 90 valence electrons. The van der Waals surface area contributed by atoms with E-state index in [1.54, 1.807) is 0 Å².